The number of hydrogen-bond acceptors (Lipinski definition) is 3. The smallest absolute Gasteiger partial charge is 0.152 e. The predicted octanol–water partition coefficient (Wildman–Crippen LogP) is 3.65. The fraction of sp³-hybridized carbons (Fsp3) is 0.333. The van der Waals surface area contributed by atoms with Gasteiger partial charge < -0.3 is 15.2 Å². The molecule has 0 radical (unpaired) electrons. The molecule has 2 unspecified atom stereocenters. The van der Waals surface area contributed by atoms with Crippen molar-refractivity contribution in [3.05, 3.63) is 59.7 Å². The van der Waals surface area contributed by atoms with Gasteiger partial charge in [0.2, 0.25) is 0 Å². The number of fused-ring (bicyclic) bond motifs is 1. The summed E-state index contributed by atoms with van der Waals surface area (Å²) in [5.74, 6) is 2.17. The summed E-state index contributed by atoms with van der Waals surface area (Å²) in [5.41, 5.74) is 8.57. The first-order valence-electron chi connectivity index (χ1n) is 7.39. The third-order valence-corrected chi connectivity index (χ3v) is 3.90. The van der Waals surface area contributed by atoms with Crippen LogP contribution in [0.3, 0.4) is 0 Å². The summed E-state index contributed by atoms with van der Waals surface area (Å²) in [6.45, 7) is 4.80. The van der Waals surface area contributed by atoms with Crippen LogP contribution in [0.5, 0.6) is 11.5 Å². The first-order chi connectivity index (χ1) is 10.2. The van der Waals surface area contributed by atoms with Gasteiger partial charge in [-0.2, -0.15) is 0 Å². The molecule has 0 bridgehead atoms. The minimum atomic E-state index is -0.171. The zero-order valence-corrected chi connectivity index (χ0v) is 12.5. The van der Waals surface area contributed by atoms with Crippen LogP contribution in [0.1, 0.15) is 36.9 Å². The molecule has 0 aliphatic carbocycles. The van der Waals surface area contributed by atoms with Gasteiger partial charge in [0.15, 0.2) is 6.10 Å². The first-order valence-corrected chi connectivity index (χ1v) is 7.39. The van der Waals surface area contributed by atoms with E-state index in [2.05, 4.69) is 19.9 Å². The van der Waals surface area contributed by atoms with Gasteiger partial charge >= 0.3 is 0 Å². The Morgan fingerprint density at radius 2 is 1.81 bits per heavy atom. The number of benzene rings is 2. The lowest BCUT2D eigenvalue weighted by Gasteiger charge is -2.32. The van der Waals surface area contributed by atoms with Gasteiger partial charge in [-0.05, 0) is 23.6 Å². The van der Waals surface area contributed by atoms with E-state index in [0.29, 0.717) is 12.5 Å². The lowest BCUT2D eigenvalue weighted by molar-refractivity contribution is 0.0867. The van der Waals surface area contributed by atoms with E-state index in [1.165, 1.54) is 5.56 Å². The molecule has 1 aliphatic rings. The maximum Gasteiger partial charge on any atom is 0.152 e. The van der Waals surface area contributed by atoms with E-state index >= 15 is 0 Å². The van der Waals surface area contributed by atoms with Crippen LogP contribution in [0.25, 0.3) is 0 Å². The van der Waals surface area contributed by atoms with Crippen molar-refractivity contribution in [2.75, 3.05) is 6.61 Å². The average molecular weight is 283 g/mol. The monoisotopic (exact) mass is 283 g/mol. The quantitative estimate of drug-likeness (QED) is 0.935. The lowest BCUT2D eigenvalue weighted by atomic mass is 9.98. The maximum atomic E-state index is 6.36. The Morgan fingerprint density at radius 3 is 2.62 bits per heavy atom. The Hall–Kier alpha value is -2.00. The molecule has 2 aromatic carbocycles. The number of hydrogen-bond donors (Lipinski definition) is 1. The fourth-order valence-electron chi connectivity index (χ4n) is 2.70. The summed E-state index contributed by atoms with van der Waals surface area (Å²) in [5, 5.41) is 0. The predicted molar refractivity (Wildman–Crippen MR) is 83.8 cm³/mol. The minimum absolute atomic E-state index is 0.167. The molecule has 3 rings (SSSR count). The van der Waals surface area contributed by atoms with E-state index in [1.54, 1.807) is 0 Å². The van der Waals surface area contributed by atoms with Crippen molar-refractivity contribution in [2.45, 2.75) is 31.9 Å². The standard InChI is InChI=1S/C18H21NO2/c1-12(2)13-7-3-6-10-16(13)21-17-11-20-15-9-5-4-8-14(15)18(17)19/h3-10,12,17-18H,11,19H2,1-2H3. The minimum Gasteiger partial charge on any atom is -0.489 e. The molecule has 3 heteroatoms. The van der Waals surface area contributed by atoms with Crippen molar-refractivity contribution < 1.29 is 9.47 Å². The van der Waals surface area contributed by atoms with Crippen LogP contribution < -0.4 is 15.2 Å². The SMILES string of the molecule is CC(C)c1ccccc1OC1COc2ccccc2C1N. The molecule has 2 atom stereocenters. The number of ether oxygens (including phenoxy) is 2. The largest absolute Gasteiger partial charge is 0.489 e. The Balaban J connectivity index is 1.84. The second-order valence-electron chi connectivity index (χ2n) is 5.72. The molecule has 0 spiro atoms. The van der Waals surface area contributed by atoms with Crippen LogP contribution in [-0.4, -0.2) is 12.7 Å². The normalized spacial score (nSPS) is 20.8. The summed E-state index contributed by atoms with van der Waals surface area (Å²) in [6.07, 6.45) is -0.167. The second kappa shape index (κ2) is 5.78. The zero-order valence-electron chi connectivity index (χ0n) is 12.5. The van der Waals surface area contributed by atoms with Crippen molar-refractivity contribution >= 4 is 0 Å². The van der Waals surface area contributed by atoms with E-state index in [0.717, 1.165) is 17.1 Å². The van der Waals surface area contributed by atoms with Gasteiger partial charge in [-0.3, -0.25) is 0 Å². The van der Waals surface area contributed by atoms with Gasteiger partial charge in [0.25, 0.3) is 0 Å². The number of nitrogens with two attached hydrogens (primary N) is 1. The molecule has 1 aliphatic heterocycles. The van der Waals surface area contributed by atoms with Crippen molar-refractivity contribution in [2.24, 2.45) is 5.73 Å². The Kier molecular flexibility index (Phi) is 3.84. The van der Waals surface area contributed by atoms with Crippen molar-refractivity contribution in [3.63, 3.8) is 0 Å². The van der Waals surface area contributed by atoms with Gasteiger partial charge in [0.1, 0.15) is 18.1 Å². The average Bonchev–Trinajstić information content (AvgIpc) is 2.51. The van der Waals surface area contributed by atoms with Crippen molar-refractivity contribution in [1.82, 2.24) is 0 Å². The highest BCUT2D eigenvalue weighted by Gasteiger charge is 2.30. The van der Waals surface area contributed by atoms with E-state index in [4.69, 9.17) is 15.2 Å². The molecule has 1 heterocycles. The van der Waals surface area contributed by atoms with E-state index < -0.39 is 0 Å². The van der Waals surface area contributed by atoms with E-state index in [9.17, 15) is 0 Å². The molecule has 2 N–H and O–H groups in total. The zero-order chi connectivity index (χ0) is 14.8. The highest BCUT2D eigenvalue weighted by molar-refractivity contribution is 5.40. The molecule has 0 aromatic heterocycles. The summed E-state index contributed by atoms with van der Waals surface area (Å²) in [7, 11) is 0. The molecule has 0 saturated heterocycles. The third-order valence-electron chi connectivity index (χ3n) is 3.90. The summed E-state index contributed by atoms with van der Waals surface area (Å²) in [6, 6.07) is 15.9. The Labute approximate surface area is 125 Å². The topological polar surface area (TPSA) is 44.5 Å². The highest BCUT2D eigenvalue weighted by Crippen LogP contribution is 2.34. The van der Waals surface area contributed by atoms with Crippen LogP contribution in [0.15, 0.2) is 48.5 Å². The highest BCUT2D eigenvalue weighted by atomic mass is 16.5. The number of rotatable bonds is 3. The molecule has 0 saturated carbocycles. The second-order valence-corrected chi connectivity index (χ2v) is 5.72. The van der Waals surface area contributed by atoms with Crippen LogP contribution in [-0.2, 0) is 0 Å². The van der Waals surface area contributed by atoms with Crippen LogP contribution in [0.4, 0.5) is 0 Å². The third kappa shape index (κ3) is 2.74. The molecule has 0 amide bonds. The first kappa shape index (κ1) is 14.0. The van der Waals surface area contributed by atoms with Crippen LogP contribution >= 0.6 is 0 Å². The Bertz CT molecular complexity index is 624. The van der Waals surface area contributed by atoms with E-state index in [-0.39, 0.29) is 12.1 Å². The lowest BCUT2D eigenvalue weighted by Crippen LogP contribution is -2.40. The van der Waals surface area contributed by atoms with Crippen molar-refractivity contribution in [3.8, 4) is 11.5 Å². The molecule has 2 aromatic rings. The molecule has 3 nitrogen and oxygen atoms in total. The summed E-state index contributed by atoms with van der Waals surface area (Å²) in [4.78, 5) is 0. The summed E-state index contributed by atoms with van der Waals surface area (Å²) < 4.78 is 11.9. The van der Waals surface area contributed by atoms with Gasteiger partial charge in [-0.25, -0.2) is 0 Å². The maximum absolute atomic E-state index is 6.36. The van der Waals surface area contributed by atoms with Gasteiger partial charge in [-0.15, -0.1) is 0 Å². The Morgan fingerprint density at radius 1 is 1.10 bits per heavy atom. The van der Waals surface area contributed by atoms with E-state index in [1.807, 2.05) is 42.5 Å². The van der Waals surface area contributed by atoms with Gasteiger partial charge in [-0.1, -0.05) is 50.2 Å². The fourth-order valence-corrected chi connectivity index (χ4v) is 2.70. The van der Waals surface area contributed by atoms with Gasteiger partial charge in [0.05, 0.1) is 6.04 Å². The molecule has 21 heavy (non-hydrogen) atoms. The van der Waals surface area contributed by atoms with Gasteiger partial charge in [0, 0.05) is 5.56 Å². The molecule has 110 valence electrons. The summed E-state index contributed by atoms with van der Waals surface area (Å²) >= 11 is 0. The molecular weight excluding hydrogens is 262 g/mol. The molecular formula is C18H21NO2. The van der Waals surface area contributed by atoms with Crippen LogP contribution in [0, 0.1) is 0 Å². The van der Waals surface area contributed by atoms with Crippen LogP contribution in [0.2, 0.25) is 0 Å². The molecule has 0 fully saturated rings. The number of para-hydroxylation sites is 2. The van der Waals surface area contributed by atoms with Crippen molar-refractivity contribution in [1.29, 1.82) is 0 Å².